The van der Waals surface area contributed by atoms with Gasteiger partial charge in [0.25, 0.3) is 5.91 Å². The second kappa shape index (κ2) is 8.85. The first kappa shape index (κ1) is 19.2. The molecule has 3 aromatic rings. The van der Waals surface area contributed by atoms with Crippen molar-refractivity contribution in [3.8, 4) is 11.5 Å². The van der Waals surface area contributed by atoms with Crippen molar-refractivity contribution in [2.45, 2.75) is 20.0 Å². The Hall–Kier alpha value is -3.61. The number of rotatable bonds is 7. The average molecular weight is 378 g/mol. The molecule has 0 aliphatic heterocycles. The quantitative estimate of drug-likeness (QED) is 0.639. The monoisotopic (exact) mass is 378 g/mol. The van der Waals surface area contributed by atoms with Gasteiger partial charge < -0.3 is 20.1 Å². The number of carbonyl (C=O) groups is 1. The minimum absolute atomic E-state index is 0.113. The van der Waals surface area contributed by atoms with Crippen molar-refractivity contribution in [3.63, 3.8) is 0 Å². The van der Waals surface area contributed by atoms with Crippen molar-refractivity contribution in [2.75, 3.05) is 17.7 Å². The first-order valence-electron chi connectivity index (χ1n) is 8.85. The summed E-state index contributed by atoms with van der Waals surface area (Å²) in [4.78, 5) is 20.9. The van der Waals surface area contributed by atoms with Crippen molar-refractivity contribution in [2.24, 2.45) is 0 Å². The third kappa shape index (κ3) is 5.20. The van der Waals surface area contributed by atoms with E-state index in [0.29, 0.717) is 17.4 Å². The molecule has 0 fully saturated rings. The Kier molecular flexibility index (Phi) is 6.06. The van der Waals surface area contributed by atoms with Gasteiger partial charge in [-0.05, 0) is 56.3 Å². The van der Waals surface area contributed by atoms with Crippen LogP contribution in [0.2, 0.25) is 0 Å². The van der Waals surface area contributed by atoms with Crippen LogP contribution in [0.4, 0.5) is 17.3 Å². The molecule has 7 nitrogen and oxygen atoms in total. The van der Waals surface area contributed by atoms with Crippen LogP contribution in [-0.4, -0.2) is 29.1 Å². The Labute approximate surface area is 163 Å². The van der Waals surface area contributed by atoms with E-state index in [-0.39, 0.29) is 17.7 Å². The normalized spacial score (nSPS) is 10.4. The van der Waals surface area contributed by atoms with Crippen LogP contribution in [0.1, 0.15) is 24.3 Å². The molecule has 0 radical (unpaired) electrons. The van der Waals surface area contributed by atoms with E-state index in [0.717, 1.165) is 11.4 Å². The fraction of sp³-hybridized carbons (Fsp3) is 0.190. The van der Waals surface area contributed by atoms with Gasteiger partial charge in [0, 0.05) is 23.6 Å². The second-order valence-electron chi connectivity index (χ2n) is 6.27. The highest BCUT2D eigenvalue weighted by molar-refractivity contribution is 6.03. The average Bonchev–Trinajstić information content (AvgIpc) is 2.69. The van der Waals surface area contributed by atoms with E-state index >= 15 is 0 Å². The predicted molar refractivity (Wildman–Crippen MR) is 108 cm³/mol. The van der Waals surface area contributed by atoms with Gasteiger partial charge >= 0.3 is 0 Å². The number of aromatic nitrogens is 2. The van der Waals surface area contributed by atoms with E-state index in [9.17, 15) is 4.79 Å². The number of carbonyl (C=O) groups excluding carboxylic acids is 1. The van der Waals surface area contributed by atoms with Gasteiger partial charge in [-0.25, -0.2) is 9.97 Å². The van der Waals surface area contributed by atoms with Crippen LogP contribution in [0, 0.1) is 0 Å². The summed E-state index contributed by atoms with van der Waals surface area (Å²) in [6, 6.07) is 16.1. The van der Waals surface area contributed by atoms with E-state index in [4.69, 9.17) is 9.47 Å². The smallest absolute Gasteiger partial charge is 0.274 e. The predicted octanol–water partition coefficient (Wildman–Crippen LogP) is 4.27. The molecule has 0 bridgehead atoms. The Bertz CT molecular complexity index is 942. The highest BCUT2D eigenvalue weighted by atomic mass is 16.5. The summed E-state index contributed by atoms with van der Waals surface area (Å²) in [5.74, 6) is 1.44. The minimum atomic E-state index is -0.334. The lowest BCUT2D eigenvalue weighted by atomic mass is 10.3. The van der Waals surface area contributed by atoms with Gasteiger partial charge in [-0.1, -0.05) is 6.07 Å². The zero-order valence-corrected chi connectivity index (χ0v) is 16.0. The summed E-state index contributed by atoms with van der Waals surface area (Å²) in [7, 11) is 1.57. The molecule has 0 saturated heterocycles. The summed E-state index contributed by atoms with van der Waals surface area (Å²) in [5.41, 5.74) is 1.67. The number of nitrogens with zero attached hydrogens (tertiary/aromatic N) is 2. The molecule has 2 N–H and O–H groups in total. The molecule has 28 heavy (non-hydrogen) atoms. The lowest BCUT2D eigenvalue weighted by Gasteiger charge is -2.11. The Morgan fingerprint density at radius 3 is 2.50 bits per heavy atom. The number of hydrogen-bond acceptors (Lipinski definition) is 6. The molecule has 1 heterocycles. The molecular weight excluding hydrogens is 356 g/mol. The molecule has 0 atom stereocenters. The van der Waals surface area contributed by atoms with Gasteiger partial charge in [0.05, 0.1) is 13.2 Å². The van der Waals surface area contributed by atoms with E-state index in [2.05, 4.69) is 20.6 Å². The van der Waals surface area contributed by atoms with Gasteiger partial charge in [-0.2, -0.15) is 0 Å². The van der Waals surface area contributed by atoms with Crippen molar-refractivity contribution < 1.29 is 14.3 Å². The number of hydrogen-bond donors (Lipinski definition) is 2. The van der Waals surface area contributed by atoms with Gasteiger partial charge in [-0.3, -0.25) is 4.79 Å². The number of nitrogens with one attached hydrogen (secondary N) is 2. The van der Waals surface area contributed by atoms with Crippen molar-refractivity contribution in [1.82, 2.24) is 9.97 Å². The molecule has 0 aliphatic carbocycles. The topological polar surface area (TPSA) is 85.4 Å². The Morgan fingerprint density at radius 2 is 1.79 bits per heavy atom. The van der Waals surface area contributed by atoms with Crippen molar-refractivity contribution >= 4 is 23.2 Å². The minimum Gasteiger partial charge on any atom is -0.497 e. The first-order valence-corrected chi connectivity index (χ1v) is 8.85. The molecule has 0 saturated carbocycles. The second-order valence-corrected chi connectivity index (χ2v) is 6.27. The number of amides is 1. The number of anilines is 3. The number of methoxy groups -OCH3 is 1. The fourth-order valence-corrected chi connectivity index (χ4v) is 2.46. The molecular formula is C21H22N4O3. The van der Waals surface area contributed by atoms with Gasteiger partial charge in [0.1, 0.15) is 17.2 Å². The molecule has 3 rings (SSSR count). The highest BCUT2D eigenvalue weighted by Crippen LogP contribution is 2.20. The maximum absolute atomic E-state index is 12.5. The molecule has 7 heteroatoms. The molecule has 2 aromatic carbocycles. The zero-order chi connectivity index (χ0) is 19.9. The molecule has 0 unspecified atom stereocenters. The largest absolute Gasteiger partial charge is 0.497 e. The van der Waals surface area contributed by atoms with Crippen LogP contribution < -0.4 is 20.1 Å². The summed E-state index contributed by atoms with van der Waals surface area (Å²) >= 11 is 0. The lowest BCUT2D eigenvalue weighted by Crippen LogP contribution is -2.14. The summed E-state index contributed by atoms with van der Waals surface area (Å²) in [6.07, 6.45) is 1.65. The van der Waals surface area contributed by atoms with E-state index in [1.54, 1.807) is 37.4 Å². The molecule has 0 aliphatic rings. The number of benzene rings is 2. The molecule has 1 amide bonds. The van der Waals surface area contributed by atoms with Crippen LogP contribution in [0.5, 0.6) is 11.5 Å². The highest BCUT2D eigenvalue weighted by Gasteiger charge is 2.10. The summed E-state index contributed by atoms with van der Waals surface area (Å²) < 4.78 is 10.8. The third-order valence-electron chi connectivity index (χ3n) is 3.70. The first-order chi connectivity index (χ1) is 13.5. The van der Waals surface area contributed by atoms with Gasteiger partial charge in [0.2, 0.25) is 5.95 Å². The number of ether oxygens (including phenoxy) is 2. The maximum Gasteiger partial charge on any atom is 0.274 e. The van der Waals surface area contributed by atoms with Crippen molar-refractivity contribution in [1.29, 1.82) is 0 Å². The summed E-state index contributed by atoms with van der Waals surface area (Å²) in [5, 5.41) is 5.88. The van der Waals surface area contributed by atoms with E-state index in [1.807, 2.05) is 38.1 Å². The fourth-order valence-electron chi connectivity index (χ4n) is 2.46. The van der Waals surface area contributed by atoms with Gasteiger partial charge in [-0.15, -0.1) is 0 Å². The SMILES string of the molecule is COc1cccc(NC(=O)c2ccnc(Nc3ccc(OC(C)C)cc3)n2)c1. The lowest BCUT2D eigenvalue weighted by molar-refractivity contribution is 0.102. The summed E-state index contributed by atoms with van der Waals surface area (Å²) in [6.45, 7) is 3.95. The Balaban J connectivity index is 1.68. The third-order valence-corrected chi connectivity index (χ3v) is 3.70. The molecule has 1 aromatic heterocycles. The van der Waals surface area contributed by atoms with Crippen molar-refractivity contribution in [3.05, 3.63) is 66.5 Å². The van der Waals surface area contributed by atoms with Crippen LogP contribution in [0.3, 0.4) is 0 Å². The van der Waals surface area contributed by atoms with Crippen LogP contribution >= 0.6 is 0 Å². The van der Waals surface area contributed by atoms with Gasteiger partial charge in [0.15, 0.2) is 0 Å². The van der Waals surface area contributed by atoms with E-state index < -0.39 is 0 Å². The molecule has 0 spiro atoms. The standard InChI is InChI=1S/C21H22N4O3/c1-14(2)28-17-9-7-15(8-10-17)24-21-22-12-11-19(25-21)20(26)23-16-5-4-6-18(13-16)27-3/h4-14H,1-3H3,(H,23,26)(H,22,24,25). The van der Waals surface area contributed by atoms with Crippen LogP contribution in [0.25, 0.3) is 0 Å². The van der Waals surface area contributed by atoms with Crippen LogP contribution in [-0.2, 0) is 0 Å². The Morgan fingerprint density at radius 1 is 1.00 bits per heavy atom. The van der Waals surface area contributed by atoms with E-state index in [1.165, 1.54) is 6.20 Å². The molecule has 144 valence electrons. The van der Waals surface area contributed by atoms with Crippen LogP contribution in [0.15, 0.2) is 60.8 Å². The zero-order valence-electron chi connectivity index (χ0n) is 16.0. The maximum atomic E-state index is 12.5.